The topological polar surface area (TPSA) is 41.9 Å². The molecular weight excluding hydrogens is 346 g/mol. The number of piperidine rings is 1. The van der Waals surface area contributed by atoms with Crippen molar-refractivity contribution in [2.75, 3.05) is 39.5 Å². The van der Waals surface area contributed by atoms with Crippen molar-refractivity contribution in [3.63, 3.8) is 0 Å². The van der Waals surface area contributed by atoms with Crippen LogP contribution in [0.3, 0.4) is 0 Å². The SMILES string of the molecule is CC1CCN(C[C@@H](O)COCCOc2ccc(Br)cc2)CC1. The first-order valence-corrected chi connectivity index (χ1v) is 8.79. The number of hydrogen-bond acceptors (Lipinski definition) is 4. The van der Waals surface area contributed by atoms with E-state index in [9.17, 15) is 5.11 Å². The maximum absolute atomic E-state index is 10.0. The van der Waals surface area contributed by atoms with Crippen LogP contribution in [0.25, 0.3) is 0 Å². The van der Waals surface area contributed by atoms with E-state index in [2.05, 4.69) is 27.8 Å². The van der Waals surface area contributed by atoms with Gasteiger partial charge in [0.15, 0.2) is 0 Å². The molecule has 0 radical (unpaired) electrons. The summed E-state index contributed by atoms with van der Waals surface area (Å²) in [5.74, 6) is 1.65. The van der Waals surface area contributed by atoms with Gasteiger partial charge in [-0.2, -0.15) is 0 Å². The van der Waals surface area contributed by atoms with Gasteiger partial charge in [-0.05, 0) is 56.1 Å². The summed E-state index contributed by atoms with van der Waals surface area (Å²) in [5.41, 5.74) is 0. The van der Waals surface area contributed by atoms with Crippen LogP contribution in [0.1, 0.15) is 19.8 Å². The van der Waals surface area contributed by atoms with Gasteiger partial charge in [0.2, 0.25) is 0 Å². The zero-order valence-electron chi connectivity index (χ0n) is 13.2. The molecule has 0 aliphatic carbocycles. The fourth-order valence-electron chi connectivity index (χ4n) is 2.56. The molecule has 1 aromatic rings. The van der Waals surface area contributed by atoms with E-state index in [-0.39, 0.29) is 0 Å². The second-order valence-corrected chi connectivity index (χ2v) is 6.93. The molecule has 1 aliphatic rings. The van der Waals surface area contributed by atoms with E-state index >= 15 is 0 Å². The van der Waals surface area contributed by atoms with E-state index in [0.29, 0.717) is 26.4 Å². The summed E-state index contributed by atoms with van der Waals surface area (Å²) < 4.78 is 12.1. The molecule has 1 N–H and O–H groups in total. The van der Waals surface area contributed by atoms with Crippen molar-refractivity contribution in [1.29, 1.82) is 0 Å². The smallest absolute Gasteiger partial charge is 0.119 e. The zero-order valence-corrected chi connectivity index (χ0v) is 14.8. The third-order valence-corrected chi connectivity index (χ3v) is 4.49. The van der Waals surface area contributed by atoms with E-state index in [4.69, 9.17) is 9.47 Å². The Hall–Kier alpha value is -0.620. The second kappa shape index (κ2) is 9.50. The summed E-state index contributed by atoms with van der Waals surface area (Å²) in [5, 5.41) is 10.0. The number of nitrogens with zero attached hydrogens (tertiary/aromatic N) is 1. The van der Waals surface area contributed by atoms with Crippen molar-refractivity contribution in [2.24, 2.45) is 5.92 Å². The van der Waals surface area contributed by atoms with Crippen molar-refractivity contribution in [3.8, 4) is 5.75 Å². The number of aliphatic hydroxyl groups excluding tert-OH is 1. The van der Waals surface area contributed by atoms with Crippen LogP contribution in [-0.2, 0) is 4.74 Å². The van der Waals surface area contributed by atoms with E-state index in [0.717, 1.165) is 29.2 Å². The maximum atomic E-state index is 10.0. The molecule has 0 amide bonds. The van der Waals surface area contributed by atoms with Crippen molar-refractivity contribution >= 4 is 15.9 Å². The molecule has 1 aromatic carbocycles. The number of hydrogen-bond donors (Lipinski definition) is 1. The van der Waals surface area contributed by atoms with Crippen LogP contribution in [0.15, 0.2) is 28.7 Å². The number of β-amino-alcohol motifs (C(OH)–C–C–N with tert-alkyl or cyclic N) is 1. The van der Waals surface area contributed by atoms with E-state index < -0.39 is 6.10 Å². The number of ether oxygens (including phenoxy) is 2. The molecule has 0 spiro atoms. The molecule has 1 heterocycles. The highest BCUT2D eigenvalue weighted by Gasteiger charge is 2.18. The molecule has 5 heteroatoms. The molecule has 2 rings (SSSR count). The first kappa shape index (κ1) is 17.7. The minimum Gasteiger partial charge on any atom is -0.491 e. The second-order valence-electron chi connectivity index (χ2n) is 6.01. The number of likely N-dealkylation sites (tertiary alicyclic amines) is 1. The molecule has 0 aromatic heterocycles. The van der Waals surface area contributed by atoms with E-state index in [1.807, 2.05) is 24.3 Å². The van der Waals surface area contributed by atoms with Crippen LogP contribution >= 0.6 is 15.9 Å². The summed E-state index contributed by atoms with van der Waals surface area (Å²) in [6.07, 6.45) is 2.05. The number of halogens is 1. The first-order valence-electron chi connectivity index (χ1n) is 8.00. The van der Waals surface area contributed by atoms with Crippen molar-refractivity contribution < 1.29 is 14.6 Å². The predicted octanol–water partition coefficient (Wildman–Crippen LogP) is 2.94. The Kier molecular flexibility index (Phi) is 7.66. The molecular formula is C17H26BrNO3. The molecule has 1 atom stereocenters. The zero-order chi connectivity index (χ0) is 15.8. The molecule has 4 nitrogen and oxygen atoms in total. The summed E-state index contributed by atoms with van der Waals surface area (Å²) in [7, 11) is 0. The lowest BCUT2D eigenvalue weighted by Gasteiger charge is -2.31. The van der Waals surface area contributed by atoms with E-state index in [1.165, 1.54) is 12.8 Å². The number of aliphatic hydroxyl groups is 1. The summed E-state index contributed by atoms with van der Waals surface area (Å²) in [6, 6.07) is 7.71. The Bertz CT molecular complexity index is 418. The standard InChI is InChI=1S/C17H26BrNO3/c1-14-6-8-19(9-7-14)12-16(20)13-21-10-11-22-17-4-2-15(18)3-5-17/h2-5,14,16,20H,6-13H2,1H3/t16-/m1/s1. The number of rotatable bonds is 8. The Balaban J connectivity index is 1.51. The van der Waals surface area contributed by atoms with Gasteiger partial charge in [-0.25, -0.2) is 0 Å². The summed E-state index contributed by atoms with van der Waals surface area (Å²) in [6.45, 7) is 6.54. The third kappa shape index (κ3) is 6.65. The van der Waals surface area contributed by atoms with Gasteiger partial charge in [-0.3, -0.25) is 0 Å². The van der Waals surface area contributed by atoms with Gasteiger partial charge in [0.25, 0.3) is 0 Å². The largest absolute Gasteiger partial charge is 0.491 e. The third-order valence-electron chi connectivity index (χ3n) is 3.97. The highest BCUT2D eigenvalue weighted by Crippen LogP contribution is 2.16. The predicted molar refractivity (Wildman–Crippen MR) is 91.3 cm³/mol. The molecule has 124 valence electrons. The molecule has 0 saturated carbocycles. The number of benzene rings is 1. The Labute approximate surface area is 141 Å². The fraction of sp³-hybridized carbons (Fsp3) is 0.647. The van der Waals surface area contributed by atoms with Gasteiger partial charge in [-0.15, -0.1) is 0 Å². The minimum atomic E-state index is -0.416. The van der Waals surface area contributed by atoms with Crippen LogP contribution in [0, 0.1) is 5.92 Å². The van der Waals surface area contributed by atoms with Gasteiger partial charge < -0.3 is 19.5 Å². The van der Waals surface area contributed by atoms with Crippen molar-refractivity contribution in [1.82, 2.24) is 4.90 Å². The molecule has 0 bridgehead atoms. The highest BCUT2D eigenvalue weighted by atomic mass is 79.9. The van der Waals surface area contributed by atoms with Crippen LogP contribution < -0.4 is 4.74 Å². The van der Waals surface area contributed by atoms with Crippen LogP contribution in [-0.4, -0.2) is 55.6 Å². The summed E-state index contributed by atoms with van der Waals surface area (Å²) in [4.78, 5) is 2.33. The molecule has 1 saturated heterocycles. The molecule has 22 heavy (non-hydrogen) atoms. The monoisotopic (exact) mass is 371 g/mol. The van der Waals surface area contributed by atoms with Crippen LogP contribution in [0.2, 0.25) is 0 Å². The van der Waals surface area contributed by atoms with E-state index in [1.54, 1.807) is 0 Å². The normalized spacial score (nSPS) is 18.3. The molecule has 0 unspecified atom stereocenters. The Morgan fingerprint density at radius 3 is 2.59 bits per heavy atom. The van der Waals surface area contributed by atoms with Crippen molar-refractivity contribution in [2.45, 2.75) is 25.9 Å². The van der Waals surface area contributed by atoms with Gasteiger partial charge in [0.1, 0.15) is 12.4 Å². The average molecular weight is 372 g/mol. The first-order chi connectivity index (χ1) is 10.6. The Morgan fingerprint density at radius 1 is 1.23 bits per heavy atom. The minimum absolute atomic E-state index is 0.371. The van der Waals surface area contributed by atoms with Gasteiger partial charge >= 0.3 is 0 Å². The van der Waals surface area contributed by atoms with Gasteiger partial charge in [0.05, 0.1) is 19.3 Å². The summed E-state index contributed by atoms with van der Waals surface area (Å²) >= 11 is 3.39. The van der Waals surface area contributed by atoms with Gasteiger partial charge in [-0.1, -0.05) is 22.9 Å². The Morgan fingerprint density at radius 2 is 1.91 bits per heavy atom. The highest BCUT2D eigenvalue weighted by molar-refractivity contribution is 9.10. The lowest BCUT2D eigenvalue weighted by Crippen LogP contribution is -2.40. The maximum Gasteiger partial charge on any atom is 0.119 e. The van der Waals surface area contributed by atoms with Crippen LogP contribution in [0.5, 0.6) is 5.75 Å². The van der Waals surface area contributed by atoms with Crippen molar-refractivity contribution in [3.05, 3.63) is 28.7 Å². The quantitative estimate of drug-likeness (QED) is 0.713. The lowest BCUT2D eigenvalue weighted by molar-refractivity contribution is 0.00333. The molecule has 1 fully saturated rings. The van der Waals surface area contributed by atoms with Gasteiger partial charge in [0, 0.05) is 11.0 Å². The van der Waals surface area contributed by atoms with Crippen LogP contribution in [0.4, 0.5) is 0 Å². The molecule has 1 aliphatic heterocycles. The fourth-order valence-corrected chi connectivity index (χ4v) is 2.83. The lowest BCUT2D eigenvalue weighted by atomic mass is 9.99. The average Bonchev–Trinajstić information content (AvgIpc) is 2.51.